The van der Waals surface area contributed by atoms with Gasteiger partial charge < -0.3 is 10.1 Å². The molecule has 0 bridgehead atoms. The van der Waals surface area contributed by atoms with Crippen LogP contribution < -0.4 is 5.32 Å². The van der Waals surface area contributed by atoms with Gasteiger partial charge in [-0.15, -0.1) is 0 Å². The Morgan fingerprint density at radius 2 is 2.13 bits per heavy atom. The standard InChI is InChI=1S/C10H21NO3S/c1-11-9-5-3-6-10(9)15(12,13)8-4-7-14-2/h9-11H,3-8H2,1-2H3. The molecule has 4 nitrogen and oxygen atoms in total. The van der Waals surface area contributed by atoms with Gasteiger partial charge >= 0.3 is 0 Å². The van der Waals surface area contributed by atoms with Crippen molar-refractivity contribution < 1.29 is 13.2 Å². The topological polar surface area (TPSA) is 55.4 Å². The maximum absolute atomic E-state index is 12.0. The summed E-state index contributed by atoms with van der Waals surface area (Å²) in [6.07, 6.45) is 3.40. The van der Waals surface area contributed by atoms with Crippen LogP contribution in [0.1, 0.15) is 25.7 Å². The molecule has 0 aromatic rings. The van der Waals surface area contributed by atoms with Gasteiger partial charge in [0.15, 0.2) is 9.84 Å². The molecule has 90 valence electrons. The van der Waals surface area contributed by atoms with Gasteiger partial charge in [-0.3, -0.25) is 0 Å². The van der Waals surface area contributed by atoms with Crippen molar-refractivity contribution in [3.63, 3.8) is 0 Å². The number of ether oxygens (including phenoxy) is 1. The van der Waals surface area contributed by atoms with Crippen molar-refractivity contribution in [1.82, 2.24) is 5.32 Å². The Hall–Kier alpha value is -0.130. The first-order valence-corrected chi connectivity index (χ1v) is 7.21. The van der Waals surface area contributed by atoms with Gasteiger partial charge in [0.1, 0.15) is 0 Å². The van der Waals surface area contributed by atoms with E-state index in [-0.39, 0.29) is 17.0 Å². The van der Waals surface area contributed by atoms with Crippen LogP contribution in [0.3, 0.4) is 0 Å². The Kier molecular flexibility index (Phi) is 5.02. The van der Waals surface area contributed by atoms with Crippen LogP contribution in [0.4, 0.5) is 0 Å². The lowest BCUT2D eigenvalue weighted by atomic mass is 10.2. The lowest BCUT2D eigenvalue weighted by Crippen LogP contribution is -2.39. The van der Waals surface area contributed by atoms with Crippen molar-refractivity contribution >= 4 is 9.84 Å². The molecule has 1 aliphatic carbocycles. The lowest BCUT2D eigenvalue weighted by Gasteiger charge is -2.19. The number of sulfone groups is 1. The van der Waals surface area contributed by atoms with Crippen LogP contribution in [0.5, 0.6) is 0 Å². The molecule has 0 aromatic carbocycles. The fourth-order valence-corrected chi connectivity index (χ4v) is 4.36. The molecule has 1 N–H and O–H groups in total. The first-order valence-electron chi connectivity index (χ1n) is 5.49. The predicted molar refractivity (Wildman–Crippen MR) is 60.8 cm³/mol. The normalized spacial score (nSPS) is 27.1. The smallest absolute Gasteiger partial charge is 0.154 e. The van der Waals surface area contributed by atoms with E-state index in [0.29, 0.717) is 13.0 Å². The summed E-state index contributed by atoms with van der Waals surface area (Å²) < 4.78 is 28.8. The number of hydrogen-bond acceptors (Lipinski definition) is 4. The van der Waals surface area contributed by atoms with Crippen molar-refractivity contribution in [2.24, 2.45) is 0 Å². The second kappa shape index (κ2) is 5.82. The molecule has 0 saturated heterocycles. The Morgan fingerprint density at radius 3 is 2.73 bits per heavy atom. The maximum atomic E-state index is 12.0. The molecule has 0 spiro atoms. The number of rotatable bonds is 6. The van der Waals surface area contributed by atoms with Crippen molar-refractivity contribution in [2.45, 2.75) is 37.0 Å². The SMILES string of the molecule is CNC1CCCC1S(=O)(=O)CCCOC. The van der Waals surface area contributed by atoms with E-state index in [0.717, 1.165) is 19.3 Å². The van der Waals surface area contributed by atoms with Crippen LogP contribution in [0.15, 0.2) is 0 Å². The molecule has 1 aliphatic rings. The summed E-state index contributed by atoms with van der Waals surface area (Å²) >= 11 is 0. The largest absolute Gasteiger partial charge is 0.385 e. The highest BCUT2D eigenvalue weighted by Crippen LogP contribution is 2.26. The molecule has 0 amide bonds. The van der Waals surface area contributed by atoms with Crippen LogP contribution in [-0.2, 0) is 14.6 Å². The van der Waals surface area contributed by atoms with E-state index in [1.54, 1.807) is 7.11 Å². The third-order valence-electron chi connectivity index (χ3n) is 3.06. The van der Waals surface area contributed by atoms with Gasteiger partial charge in [0.25, 0.3) is 0 Å². The second-order valence-corrected chi connectivity index (χ2v) is 6.42. The van der Waals surface area contributed by atoms with Crippen LogP contribution >= 0.6 is 0 Å². The van der Waals surface area contributed by atoms with E-state index in [1.165, 1.54) is 0 Å². The molecule has 15 heavy (non-hydrogen) atoms. The molecule has 5 heteroatoms. The Balaban J connectivity index is 2.52. The van der Waals surface area contributed by atoms with Gasteiger partial charge in [0, 0.05) is 19.8 Å². The highest BCUT2D eigenvalue weighted by molar-refractivity contribution is 7.92. The number of hydrogen-bond donors (Lipinski definition) is 1. The zero-order valence-electron chi connectivity index (χ0n) is 9.53. The molecule has 2 unspecified atom stereocenters. The van der Waals surface area contributed by atoms with Crippen molar-refractivity contribution in [1.29, 1.82) is 0 Å². The summed E-state index contributed by atoms with van der Waals surface area (Å²) in [6.45, 7) is 0.524. The zero-order valence-corrected chi connectivity index (χ0v) is 10.3. The zero-order chi connectivity index (χ0) is 11.3. The number of methoxy groups -OCH3 is 1. The van der Waals surface area contributed by atoms with Crippen LogP contribution in [0.2, 0.25) is 0 Å². The quantitative estimate of drug-likeness (QED) is 0.684. The van der Waals surface area contributed by atoms with Crippen LogP contribution in [-0.4, -0.2) is 46.2 Å². The highest BCUT2D eigenvalue weighted by Gasteiger charge is 2.35. The van der Waals surface area contributed by atoms with Gasteiger partial charge in [0.05, 0.1) is 11.0 Å². The maximum Gasteiger partial charge on any atom is 0.154 e. The molecular weight excluding hydrogens is 214 g/mol. The van der Waals surface area contributed by atoms with Gasteiger partial charge in [-0.25, -0.2) is 8.42 Å². The lowest BCUT2D eigenvalue weighted by molar-refractivity contribution is 0.199. The Labute approximate surface area is 92.3 Å². The molecule has 0 heterocycles. The highest BCUT2D eigenvalue weighted by atomic mass is 32.2. The molecule has 0 aromatic heterocycles. The van der Waals surface area contributed by atoms with E-state index in [9.17, 15) is 8.42 Å². The number of nitrogens with one attached hydrogen (secondary N) is 1. The van der Waals surface area contributed by atoms with Crippen LogP contribution in [0, 0.1) is 0 Å². The summed E-state index contributed by atoms with van der Waals surface area (Å²) in [5, 5.41) is 2.92. The second-order valence-electron chi connectivity index (χ2n) is 4.08. The van der Waals surface area contributed by atoms with Gasteiger partial charge in [-0.1, -0.05) is 6.42 Å². The molecule has 1 saturated carbocycles. The van der Waals surface area contributed by atoms with Crippen molar-refractivity contribution in [3.05, 3.63) is 0 Å². The molecule has 0 radical (unpaired) electrons. The molecular formula is C10H21NO3S. The predicted octanol–water partition coefficient (Wildman–Crippen LogP) is 0.578. The van der Waals surface area contributed by atoms with Crippen molar-refractivity contribution in [3.8, 4) is 0 Å². The van der Waals surface area contributed by atoms with E-state index in [1.807, 2.05) is 7.05 Å². The van der Waals surface area contributed by atoms with Crippen molar-refractivity contribution in [2.75, 3.05) is 26.5 Å². The van der Waals surface area contributed by atoms with E-state index in [4.69, 9.17) is 4.74 Å². The van der Waals surface area contributed by atoms with Crippen LogP contribution in [0.25, 0.3) is 0 Å². The first-order chi connectivity index (χ1) is 7.11. The fourth-order valence-electron chi connectivity index (χ4n) is 2.24. The Bertz CT molecular complexity index is 276. The molecule has 0 aliphatic heterocycles. The van der Waals surface area contributed by atoms with Gasteiger partial charge in [-0.05, 0) is 26.3 Å². The average Bonchev–Trinajstić information content (AvgIpc) is 2.66. The summed E-state index contributed by atoms with van der Waals surface area (Å²) in [6, 6.07) is 0.151. The summed E-state index contributed by atoms with van der Waals surface area (Å²) in [7, 11) is 0.501. The molecule has 1 fully saturated rings. The summed E-state index contributed by atoms with van der Waals surface area (Å²) in [4.78, 5) is 0. The van der Waals surface area contributed by atoms with Gasteiger partial charge in [0.2, 0.25) is 0 Å². The minimum Gasteiger partial charge on any atom is -0.385 e. The van der Waals surface area contributed by atoms with E-state index in [2.05, 4.69) is 5.32 Å². The minimum atomic E-state index is -2.94. The monoisotopic (exact) mass is 235 g/mol. The van der Waals surface area contributed by atoms with E-state index < -0.39 is 9.84 Å². The minimum absolute atomic E-state index is 0.151. The third-order valence-corrected chi connectivity index (χ3v) is 5.41. The molecule has 2 atom stereocenters. The molecule has 1 rings (SSSR count). The third kappa shape index (κ3) is 3.43. The summed E-state index contributed by atoms with van der Waals surface area (Å²) in [5.74, 6) is 0.254. The first kappa shape index (κ1) is 12.9. The Morgan fingerprint density at radius 1 is 1.40 bits per heavy atom. The van der Waals surface area contributed by atoms with E-state index >= 15 is 0 Å². The summed E-state index contributed by atoms with van der Waals surface area (Å²) in [5.41, 5.74) is 0. The average molecular weight is 235 g/mol. The fraction of sp³-hybridized carbons (Fsp3) is 1.00. The van der Waals surface area contributed by atoms with Gasteiger partial charge in [-0.2, -0.15) is 0 Å².